The molecular weight excluding hydrogens is 212 g/mol. The van der Waals surface area contributed by atoms with Crippen LogP contribution in [-0.2, 0) is 17.9 Å². The summed E-state index contributed by atoms with van der Waals surface area (Å²) in [5.41, 5.74) is 2.01. The van der Waals surface area contributed by atoms with Crippen molar-refractivity contribution in [3.05, 3.63) is 29.6 Å². The Bertz CT molecular complexity index is 367. The summed E-state index contributed by atoms with van der Waals surface area (Å²) in [6.45, 7) is 7.64. The summed E-state index contributed by atoms with van der Waals surface area (Å²) in [5, 5.41) is 3.47. The smallest absolute Gasteiger partial charge is 0.0895 e. The van der Waals surface area contributed by atoms with Gasteiger partial charge in [0, 0.05) is 12.6 Å². The highest BCUT2D eigenvalue weighted by atomic mass is 16.5. The third-order valence-electron chi connectivity index (χ3n) is 2.67. The van der Waals surface area contributed by atoms with Crippen molar-refractivity contribution in [2.45, 2.75) is 58.4 Å². The second-order valence-electron chi connectivity index (χ2n) is 5.68. The molecule has 0 bridgehead atoms. The van der Waals surface area contributed by atoms with E-state index in [1.54, 1.807) is 0 Å². The van der Waals surface area contributed by atoms with Crippen LogP contribution in [0.3, 0.4) is 0 Å². The summed E-state index contributed by atoms with van der Waals surface area (Å²) in [6.07, 6.45) is 2.62. The highest BCUT2D eigenvalue weighted by molar-refractivity contribution is 5.11. The van der Waals surface area contributed by atoms with Crippen molar-refractivity contribution in [1.29, 1.82) is 0 Å². The van der Waals surface area contributed by atoms with Crippen LogP contribution in [0.4, 0.5) is 0 Å². The molecule has 0 aliphatic heterocycles. The number of nitrogens with zero attached hydrogens (tertiary/aromatic N) is 1. The van der Waals surface area contributed by atoms with Crippen LogP contribution in [0, 0.1) is 0 Å². The lowest BCUT2D eigenvalue weighted by molar-refractivity contribution is -0.0165. The van der Waals surface area contributed by atoms with Crippen LogP contribution in [0.5, 0.6) is 0 Å². The van der Waals surface area contributed by atoms with Gasteiger partial charge in [-0.2, -0.15) is 0 Å². The van der Waals surface area contributed by atoms with Gasteiger partial charge in [-0.25, -0.2) is 0 Å². The normalized spacial score (nSPS) is 16.2. The molecule has 3 nitrogen and oxygen atoms in total. The van der Waals surface area contributed by atoms with Gasteiger partial charge in [0.05, 0.1) is 23.6 Å². The standard InChI is InChI=1S/C14H22N2O/c1-14(2,3)17-10-13-6-4-5-12(16-13)9-15-11-7-8-11/h4-6,11,15H,7-10H2,1-3H3. The molecule has 0 spiro atoms. The van der Waals surface area contributed by atoms with Crippen molar-refractivity contribution in [3.63, 3.8) is 0 Å². The number of rotatable bonds is 5. The highest BCUT2D eigenvalue weighted by Gasteiger charge is 2.20. The van der Waals surface area contributed by atoms with E-state index in [0.717, 1.165) is 24.0 Å². The van der Waals surface area contributed by atoms with Crippen molar-refractivity contribution in [2.24, 2.45) is 0 Å². The zero-order valence-electron chi connectivity index (χ0n) is 11.0. The van der Waals surface area contributed by atoms with Gasteiger partial charge < -0.3 is 10.1 Å². The third kappa shape index (κ3) is 4.84. The van der Waals surface area contributed by atoms with Gasteiger partial charge in [0.1, 0.15) is 0 Å². The minimum Gasteiger partial charge on any atom is -0.370 e. The number of hydrogen-bond donors (Lipinski definition) is 1. The maximum absolute atomic E-state index is 5.73. The van der Waals surface area contributed by atoms with Crippen LogP contribution in [-0.4, -0.2) is 16.6 Å². The van der Waals surface area contributed by atoms with Crippen LogP contribution in [0.25, 0.3) is 0 Å². The van der Waals surface area contributed by atoms with Crippen molar-refractivity contribution < 1.29 is 4.74 Å². The molecule has 1 aliphatic rings. The van der Waals surface area contributed by atoms with Gasteiger partial charge in [-0.15, -0.1) is 0 Å². The van der Waals surface area contributed by atoms with Gasteiger partial charge in [-0.1, -0.05) is 6.07 Å². The fraction of sp³-hybridized carbons (Fsp3) is 0.643. The fourth-order valence-corrected chi connectivity index (χ4v) is 1.53. The van der Waals surface area contributed by atoms with Crippen LogP contribution < -0.4 is 5.32 Å². The lowest BCUT2D eigenvalue weighted by Crippen LogP contribution is -2.20. The van der Waals surface area contributed by atoms with E-state index in [1.165, 1.54) is 12.8 Å². The van der Waals surface area contributed by atoms with E-state index in [-0.39, 0.29) is 5.60 Å². The van der Waals surface area contributed by atoms with Crippen molar-refractivity contribution in [2.75, 3.05) is 0 Å². The van der Waals surface area contributed by atoms with E-state index in [0.29, 0.717) is 6.61 Å². The predicted molar refractivity (Wildman–Crippen MR) is 68.6 cm³/mol. The minimum atomic E-state index is -0.107. The zero-order valence-corrected chi connectivity index (χ0v) is 11.0. The first kappa shape index (κ1) is 12.5. The Morgan fingerprint density at radius 3 is 2.65 bits per heavy atom. The molecule has 1 aliphatic carbocycles. The summed E-state index contributed by atoms with van der Waals surface area (Å²) in [7, 11) is 0. The first-order valence-electron chi connectivity index (χ1n) is 6.35. The van der Waals surface area contributed by atoms with Gasteiger partial charge in [0.2, 0.25) is 0 Å². The molecule has 94 valence electrons. The summed E-state index contributed by atoms with van der Waals surface area (Å²) in [5.74, 6) is 0. The SMILES string of the molecule is CC(C)(C)OCc1cccc(CNC2CC2)n1. The molecule has 0 radical (unpaired) electrons. The molecule has 2 rings (SSSR count). The topological polar surface area (TPSA) is 34.1 Å². The van der Waals surface area contributed by atoms with E-state index in [1.807, 2.05) is 6.07 Å². The molecule has 17 heavy (non-hydrogen) atoms. The molecule has 0 aromatic carbocycles. The Hall–Kier alpha value is -0.930. The average molecular weight is 234 g/mol. The summed E-state index contributed by atoms with van der Waals surface area (Å²) in [6, 6.07) is 6.87. The second kappa shape index (κ2) is 5.15. The molecule has 0 amide bonds. The Morgan fingerprint density at radius 2 is 2.00 bits per heavy atom. The van der Waals surface area contributed by atoms with Crippen LogP contribution >= 0.6 is 0 Å². The van der Waals surface area contributed by atoms with E-state index in [4.69, 9.17) is 4.74 Å². The summed E-state index contributed by atoms with van der Waals surface area (Å²) < 4.78 is 5.73. The average Bonchev–Trinajstić information content (AvgIpc) is 3.07. The molecule has 1 N–H and O–H groups in total. The van der Waals surface area contributed by atoms with E-state index >= 15 is 0 Å². The molecule has 1 aromatic rings. The molecule has 3 heteroatoms. The number of nitrogens with one attached hydrogen (secondary N) is 1. The summed E-state index contributed by atoms with van der Waals surface area (Å²) in [4.78, 5) is 4.59. The van der Waals surface area contributed by atoms with Crippen molar-refractivity contribution in [1.82, 2.24) is 10.3 Å². The van der Waals surface area contributed by atoms with Gasteiger partial charge in [0.25, 0.3) is 0 Å². The van der Waals surface area contributed by atoms with Gasteiger partial charge in [-0.05, 0) is 45.7 Å². The predicted octanol–water partition coefficient (Wildman–Crippen LogP) is 2.65. The Labute approximate surface area is 104 Å². The lowest BCUT2D eigenvalue weighted by Gasteiger charge is -2.19. The highest BCUT2D eigenvalue weighted by Crippen LogP contribution is 2.19. The maximum atomic E-state index is 5.73. The fourth-order valence-electron chi connectivity index (χ4n) is 1.53. The van der Waals surface area contributed by atoms with E-state index in [9.17, 15) is 0 Å². The largest absolute Gasteiger partial charge is 0.370 e. The quantitative estimate of drug-likeness (QED) is 0.850. The second-order valence-corrected chi connectivity index (χ2v) is 5.68. The molecule has 1 fully saturated rings. The first-order chi connectivity index (χ1) is 8.03. The van der Waals surface area contributed by atoms with E-state index < -0.39 is 0 Å². The van der Waals surface area contributed by atoms with Crippen molar-refractivity contribution >= 4 is 0 Å². The molecule has 1 heterocycles. The third-order valence-corrected chi connectivity index (χ3v) is 2.67. The minimum absolute atomic E-state index is 0.107. The van der Waals surface area contributed by atoms with Gasteiger partial charge >= 0.3 is 0 Å². The molecule has 1 saturated carbocycles. The molecular formula is C14H22N2O. The monoisotopic (exact) mass is 234 g/mol. The Morgan fingerprint density at radius 1 is 1.29 bits per heavy atom. The molecule has 0 unspecified atom stereocenters. The number of aromatic nitrogens is 1. The van der Waals surface area contributed by atoms with Crippen LogP contribution in [0.2, 0.25) is 0 Å². The lowest BCUT2D eigenvalue weighted by atomic mass is 10.2. The van der Waals surface area contributed by atoms with E-state index in [2.05, 4.69) is 43.2 Å². The van der Waals surface area contributed by atoms with Crippen LogP contribution in [0.15, 0.2) is 18.2 Å². The molecule has 1 aromatic heterocycles. The maximum Gasteiger partial charge on any atom is 0.0895 e. The summed E-state index contributed by atoms with van der Waals surface area (Å²) >= 11 is 0. The number of pyridine rings is 1. The number of ether oxygens (including phenoxy) is 1. The number of hydrogen-bond acceptors (Lipinski definition) is 3. The first-order valence-corrected chi connectivity index (χ1v) is 6.35. The Kier molecular flexibility index (Phi) is 3.79. The molecule has 0 saturated heterocycles. The van der Waals surface area contributed by atoms with Crippen molar-refractivity contribution in [3.8, 4) is 0 Å². The molecule has 0 atom stereocenters. The van der Waals surface area contributed by atoms with Crippen LogP contribution in [0.1, 0.15) is 45.0 Å². The zero-order chi connectivity index (χ0) is 12.3. The Balaban J connectivity index is 1.86. The van der Waals surface area contributed by atoms with Gasteiger partial charge in [0.15, 0.2) is 0 Å². The van der Waals surface area contributed by atoms with Gasteiger partial charge in [-0.3, -0.25) is 4.98 Å².